The third kappa shape index (κ3) is 2.84. The molecular weight excluding hydrogens is 220 g/mol. The molecule has 5 nitrogen and oxygen atoms in total. The monoisotopic (exact) mass is 240 g/mol. The molecule has 2 heterocycles. The summed E-state index contributed by atoms with van der Waals surface area (Å²) in [4.78, 5) is 26.4. The Balaban J connectivity index is 1.76. The van der Waals surface area contributed by atoms with Gasteiger partial charge in [-0.15, -0.1) is 0 Å². The SMILES string of the molecule is CC(O)C1CCN(CCN2C(=O)CCC2=O)C1. The summed E-state index contributed by atoms with van der Waals surface area (Å²) in [6.45, 7) is 4.88. The highest BCUT2D eigenvalue weighted by Gasteiger charge is 2.30. The molecule has 0 aromatic heterocycles. The van der Waals surface area contributed by atoms with Crippen molar-refractivity contribution in [2.45, 2.75) is 32.3 Å². The van der Waals surface area contributed by atoms with E-state index in [4.69, 9.17) is 0 Å². The number of hydrogen-bond donors (Lipinski definition) is 1. The molecule has 0 aromatic rings. The van der Waals surface area contributed by atoms with Crippen LogP contribution in [0.5, 0.6) is 0 Å². The standard InChI is InChI=1S/C12H20N2O3/c1-9(15)10-4-5-13(8-10)6-7-14-11(16)2-3-12(14)17/h9-10,15H,2-8H2,1H3. The molecule has 1 N–H and O–H groups in total. The molecule has 0 aromatic carbocycles. The van der Waals surface area contributed by atoms with Gasteiger partial charge in [-0.3, -0.25) is 14.5 Å². The van der Waals surface area contributed by atoms with Crippen LogP contribution in [0.4, 0.5) is 0 Å². The van der Waals surface area contributed by atoms with Crippen LogP contribution in [0, 0.1) is 5.92 Å². The fraction of sp³-hybridized carbons (Fsp3) is 0.833. The Morgan fingerprint density at radius 3 is 2.47 bits per heavy atom. The van der Waals surface area contributed by atoms with Crippen molar-refractivity contribution < 1.29 is 14.7 Å². The van der Waals surface area contributed by atoms with Gasteiger partial charge in [0, 0.05) is 32.5 Å². The van der Waals surface area contributed by atoms with Crippen molar-refractivity contribution in [3.63, 3.8) is 0 Å². The summed E-state index contributed by atoms with van der Waals surface area (Å²) in [5.74, 6) is 0.252. The van der Waals surface area contributed by atoms with Crippen molar-refractivity contribution in [3.8, 4) is 0 Å². The van der Waals surface area contributed by atoms with Gasteiger partial charge in [0.25, 0.3) is 0 Å². The van der Waals surface area contributed by atoms with Gasteiger partial charge in [-0.25, -0.2) is 0 Å². The van der Waals surface area contributed by atoms with Crippen LogP contribution >= 0.6 is 0 Å². The summed E-state index contributed by atoms with van der Waals surface area (Å²) < 4.78 is 0. The third-order valence-corrected chi connectivity index (χ3v) is 3.79. The summed E-state index contributed by atoms with van der Waals surface area (Å²) in [7, 11) is 0. The summed E-state index contributed by atoms with van der Waals surface area (Å²) in [5.41, 5.74) is 0. The van der Waals surface area contributed by atoms with Gasteiger partial charge in [0.1, 0.15) is 0 Å². The fourth-order valence-electron chi connectivity index (χ4n) is 2.57. The Bertz CT molecular complexity index is 301. The molecule has 2 aliphatic heterocycles. The number of hydrogen-bond acceptors (Lipinski definition) is 4. The summed E-state index contributed by atoms with van der Waals surface area (Å²) >= 11 is 0. The molecule has 2 atom stereocenters. The normalized spacial score (nSPS) is 28.1. The van der Waals surface area contributed by atoms with E-state index in [1.165, 1.54) is 4.90 Å². The largest absolute Gasteiger partial charge is 0.393 e. The minimum atomic E-state index is -0.268. The van der Waals surface area contributed by atoms with Crippen LogP contribution in [-0.4, -0.2) is 59.0 Å². The molecule has 2 unspecified atom stereocenters. The van der Waals surface area contributed by atoms with Gasteiger partial charge in [-0.05, 0) is 25.8 Å². The molecule has 2 amide bonds. The second-order valence-electron chi connectivity index (χ2n) is 5.03. The second-order valence-corrected chi connectivity index (χ2v) is 5.03. The number of likely N-dealkylation sites (tertiary alicyclic amines) is 2. The number of nitrogens with zero attached hydrogens (tertiary/aromatic N) is 2. The molecule has 2 fully saturated rings. The minimum Gasteiger partial charge on any atom is -0.393 e. The first-order valence-corrected chi connectivity index (χ1v) is 6.31. The number of aliphatic hydroxyl groups is 1. The highest BCUT2D eigenvalue weighted by Crippen LogP contribution is 2.19. The highest BCUT2D eigenvalue weighted by atomic mass is 16.3. The Morgan fingerprint density at radius 1 is 1.29 bits per heavy atom. The molecule has 0 radical (unpaired) electrons. The number of aliphatic hydroxyl groups excluding tert-OH is 1. The average Bonchev–Trinajstić information content (AvgIpc) is 2.85. The lowest BCUT2D eigenvalue weighted by Crippen LogP contribution is -2.37. The van der Waals surface area contributed by atoms with E-state index in [0.29, 0.717) is 25.3 Å². The van der Waals surface area contributed by atoms with E-state index in [0.717, 1.165) is 26.1 Å². The summed E-state index contributed by atoms with van der Waals surface area (Å²) in [6.07, 6.45) is 1.47. The van der Waals surface area contributed by atoms with E-state index in [1.807, 2.05) is 6.92 Å². The van der Waals surface area contributed by atoms with Crippen molar-refractivity contribution in [2.24, 2.45) is 5.92 Å². The number of carbonyl (C=O) groups excluding carboxylic acids is 2. The molecule has 0 saturated carbocycles. The predicted molar refractivity (Wildman–Crippen MR) is 62.2 cm³/mol. The molecule has 2 saturated heterocycles. The van der Waals surface area contributed by atoms with Gasteiger partial charge in [0.15, 0.2) is 0 Å². The molecule has 96 valence electrons. The number of rotatable bonds is 4. The lowest BCUT2D eigenvalue weighted by Gasteiger charge is -2.20. The molecular formula is C12H20N2O3. The van der Waals surface area contributed by atoms with E-state index < -0.39 is 0 Å². The maximum absolute atomic E-state index is 11.4. The lowest BCUT2D eigenvalue weighted by molar-refractivity contribution is -0.138. The zero-order chi connectivity index (χ0) is 12.4. The van der Waals surface area contributed by atoms with Gasteiger partial charge >= 0.3 is 0 Å². The Labute approximate surface area is 101 Å². The zero-order valence-corrected chi connectivity index (χ0v) is 10.3. The number of carbonyl (C=O) groups is 2. The topological polar surface area (TPSA) is 60.9 Å². The van der Waals surface area contributed by atoms with Gasteiger partial charge in [-0.1, -0.05) is 0 Å². The molecule has 2 rings (SSSR count). The van der Waals surface area contributed by atoms with Gasteiger partial charge in [0.2, 0.25) is 11.8 Å². The second kappa shape index (κ2) is 5.14. The van der Waals surface area contributed by atoms with Crippen LogP contribution in [0.2, 0.25) is 0 Å². The molecule has 0 aliphatic carbocycles. The van der Waals surface area contributed by atoms with Crippen molar-refractivity contribution in [2.75, 3.05) is 26.2 Å². The third-order valence-electron chi connectivity index (χ3n) is 3.79. The van der Waals surface area contributed by atoms with E-state index in [9.17, 15) is 14.7 Å². The fourth-order valence-corrected chi connectivity index (χ4v) is 2.57. The molecule has 0 spiro atoms. The van der Waals surface area contributed by atoms with E-state index >= 15 is 0 Å². The van der Waals surface area contributed by atoms with E-state index in [-0.39, 0.29) is 17.9 Å². The van der Waals surface area contributed by atoms with Gasteiger partial charge < -0.3 is 10.0 Å². The number of amides is 2. The maximum atomic E-state index is 11.4. The lowest BCUT2D eigenvalue weighted by atomic mass is 10.0. The summed E-state index contributed by atoms with van der Waals surface area (Å²) in [6, 6.07) is 0. The van der Waals surface area contributed by atoms with Crippen LogP contribution in [0.3, 0.4) is 0 Å². The number of imide groups is 1. The van der Waals surface area contributed by atoms with Crippen LogP contribution in [0.15, 0.2) is 0 Å². The smallest absolute Gasteiger partial charge is 0.229 e. The first-order chi connectivity index (χ1) is 8.08. The Morgan fingerprint density at radius 2 is 1.94 bits per heavy atom. The van der Waals surface area contributed by atoms with Crippen LogP contribution in [0.25, 0.3) is 0 Å². The molecule has 17 heavy (non-hydrogen) atoms. The molecule has 2 aliphatic rings. The average molecular weight is 240 g/mol. The predicted octanol–water partition coefficient (Wildman–Crippen LogP) is -0.162. The zero-order valence-electron chi connectivity index (χ0n) is 10.3. The van der Waals surface area contributed by atoms with Crippen molar-refractivity contribution in [1.29, 1.82) is 0 Å². The van der Waals surface area contributed by atoms with Crippen LogP contribution < -0.4 is 0 Å². The minimum absolute atomic E-state index is 0.0405. The Hall–Kier alpha value is -0.940. The quantitative estimate of drug-likeness (QED) is 0.694. The van der Waals surface area contributed by atoms with Crippen molar-refractivity contribution >= 4 is 11.8 Å². The molecule has 5 heteroatoms. The van der Waals surface area contributed by atoms with Crippen LogP contribution in [-0.2, 0) is 9.59 Å². The maximum Gasteiger partial charge on any atom is 0.229 e. The first-order valence-electron chi connectivity index (χ1n) is 6.31. The van der Waals surface area contributed by atoms with Crippen molar-refractivity contribution in [3.05, 3.63) is 0 Å². The Kier molecular flexibility index (Phi) is 3.79. The highest BCUT2D eigenvalue weighted by molar-refractivity contribution is 6.01. The molecule has 0 bridgehead atoms. The summed E-state index contributed by atoms with van der Waals surface area (Å²) in [5, 5.41) is 9.49. The first kappa shape index (κ1) is 12.5. The van der Waals surface area contributed by atoms with Gasteiger partial charge in [0.05, 0.1) is 6.10 Å². The van der Waals surface area contributed by atoms with Crippen molar-refractivity contribution in [1.82, 2.24) is 9.80 Å². The van der Waals surface area contributed by atoms with E-state index in [1.54, 1.807) is 0 Å². The van der Waals surface area contributed by atoms with Crippen LogP contribution in [0.1, 0.15) is 26.2 Å². The van der Waals surface area contributed by atoms with Gasteiger partial charge in [-0.2, -0.15) is 0 Å². The van der Waals surface area contributed by atoms with E-state index in [2.05, 4.69) is 4.90 Å².